The zero-order valence-electron chi connectivity index (χ0n) is 19.5. The highest BCUT2D eigenvalue weighted by molar-refractivity contribution is 6.74. The summed E-state index contributed by atoms with van der Waals surface area (Å²) in [6.45, 7) is 16.8. The third-order valence-corrected chi connectivity index (χ3v) is 13.2. The summed E-state index contributed by atoms with van der Waals surface area (Å²) >= 11 is 0. The Kier molecular flexibility index (Phi) is 4.76. The first-order valence-corrected chi connectivity index (χ1v) is 14.1. The number of fused-ring (bicyclic) bond motifs is 5. The third kappa shape index (κ3) is 2.82. The fourth-order valence-electron chi connectivity index (χ4n) is 6.12. The molecular formula is C24H36O5Si. The van der Waals surface area contributed by atoms with Crippen LogP contribution in [-0.2, 0) is 18.8 Å². The van der Waals surface area contributed by atoms with E-state index in [1.165, 1.54) is 0 Å². The summed E-state index contributed by atoms with van der Waals surface area (Å²) in [5.74, 6) is 0.207. The molecule has 0 bridgehead atoms. The van der Waals surface area contributed by atoms with Crippen molar-refractivity contribution in [2.75, 3.05) is 0 Å². The molecule has 0 aromatic heterocycles. The summed E-state index contributed by atoms with van der Waals surface area (Å²) in [7, 11) is -2.10. The Morgan fingerprint density at radius 3 is 2.47 bits per heavy atom. The maximum atomic E-state index is 13.5. The Morgan fingerprint density at radius 2 is 1.87 bits per heavy atom. The third-order valence-electron chi connectivity index (χ3n) is 8.87. The monoisotopic (exact) mass is 432 g/mol. The van der Waals surface area contributed by atoms with Crippen molar-refractivity contribution < 1.29 is 23.9 Å². The van der Waals surface area contributed by atoms with Crippen LogP contribution in [0.25, 0.3) is 0 Å². The van der Waals surface area contributed by atoms with Gasteiger partial charge in [-0.25, -0.2) is 0 Å². The number of esters is 1. The van der Waals surface area contributed by atoms with Gasteiger partial charge in [-0.1, -0.05) is 34.6 Å². The van der Waals surface area contributed by atoms with Crippen molar-refractivity contribution in [3.8, 4) is 0 Å². The molecule has 0 aromatic rings. The Hall–Kier alpha value is -1.40. The molecule has 0 aromatic carbocycles. The van der Waals surface area contributed by atoms with Crippen LogP contribution in [0.3, 0.4) is 0 Å². The predicted molar refractivity (Wildman–Crippen MR) is 117 cm³/mol. The van der Waals surface area contributed by atoms with E-state index >= 15 is 0 Å². The molecule has 30 heavy (non-hydrogen) atoms. The van der Waals surface area contributed by atoms with Crippen LogP contribution in [0, 0.1) is 29.1 Å². The second-order valence-corrected chi connectivity index (χ2v) is 16.3. The van der Waals surface area contributed by atoms with Gasteiger partial charge in [0.25, 0.3) is 0 Å². The SMILES string of the molecule is CC1=C[C@@H](O)[C@H]2CC(O[Si](C)(C)C(C)(C)C)=C3C[C@@H]4OC(=O)[C@@H](C)[C@@H]4[C@H]3[C@@]2(C)C1=O. The van der Waals surface area contributed by atoms with Gasteiger partial charge in [0.05, 0.1) is 17.8 Å². The van der Waals surface area contributed by atoms with Gasteiger partial charge in [0.2, 0.25) is 8.32 Å². The molecule has 0 radical (unpaired) electrons. The molecule has 1 aliphatic heterocycles. The molecule has 1 saturated carbocycles. The first-order valence-electron chi connectivity index (χ1n) is 11.2. The Morgan fingerprint density at radius 1 is 1.23 bits per heavy atom. The van der Waals surface area contributed by atoms with Crippen LogP contribution in [0.4, 0.5) is 0 Å². The first-order chi connectivity index (χ1) is 13.7. The number of aliphatic hydroxyl groups excluding tert-OH is 1. The minimum absolute atomic E-state index is 0.0413. The van der Waals surface area contributed by atoms with Gasteiger partial charge >= 0.3 is 5.97 Å². The van der Waals surface area contributed by atoms with E-state index in [0.29, 0.717) is 18.4 Å². The summed E-state index contributed by atoms with van der Waals surface area (Å²) in [5.41, 5.74) is 1.04. The lowest BCUT2D eigenvalue weighted by molar-refractivity contribution is -0.144. The number of Topliss-reactive ketones (excluding diaryl/α,β-unsaturated/α-hetero) is 1. The molecular weight excluding hydrogens is 396 g/mol. The van der Waals surface area contributed by atoms with E-state index in [0.717, 1.165) is 11.3 Å². The molecule has 2 fully saturated rings. The smallest absolute Gasteiger partial charge is 0.309 e. The largest absolute Gasteiger partial charge is 0.547 e. The molecule has 166 valence electrons. The fraction of sp³-hybridized carbons (Fsp3) is 0.750. The van der Waals surface area contributed by atoms with Crippen LogP contribution >= 0.6 is 0 Å². The molecule has 4 aliphatic rings. The topological polar surface area (TPSA) is 72.8 Å². The Bertz CT molecular complexity index is 863. The number of ether oxygens (including phenoxy) is 1. The summed E-state index contributed by atoms with van der Waals surface area (Å²) in [5, 5.41) is 11.1. The predicted octanol–water partition coefficient (Wildman–Crippen LogP) is 4.38. The molecule has 5 nitrogen and oxygen atoms in total. The highest BCUT2D eigenvalue weighted by atomic mass is 28.4. The van der Waals surface area contributed by atoms with Crippen molar-refractivity contribution in [2.45, 2.75) is 84.7 Å². The van der Waals surface area contributed by atoms with E-state index < -0.39 is 19.8 Å². The van der Waals surface area contributed by atoms with E-state index in [1.807, 2.05) is 13.8 Å². The zero-order valence-corrected chi connectivity index (χ0v) is 20.5. The standard InChI is InChI=1S/C24H36O5Si/c1-12-9-16(25)15-11-17(29-30(7,8)23(3,4)5)14-10-18-19(13(2)22(27)28-18)20(14)24(15,6)21(12)26/h9,13,15-16,18-20,25H,10-11H2,1-8H3/t13-,15+,16+,18-,19-,20-,24-/m0/s1. The van der Waals surface area contributed by atoms with Crippen LogP contribution in [0.1, 0.15) is 54.4 Å². The van der Waals surface area contributed by atoms with Crippen molar-refractivity contribution in [2.24, 2.45) is 29.1 Å². The van der Waals surface area contributed by atoms with Gasteiger partial charge in [0, 0.05) is 36.0 Å². The molecule has 0 spiro atoms. The highest BCUT2D eigenvalue weighted by Gasteiger charge is 2.66. The number of aliphatic hydroxyl groups is 1. The minimum Gasteiger partial charge on any atom is -0.547 e. The summed E-state index contributed by atoms with van der Waals surface area (Å²) in [6, 6.07) is 0. The number of hydrogen-bond donors (Lipinski definition) is 1. The Balaban J connectivity index is 1.87. The molecule has 4 rings (SSSR count). The summed E-state index contributed by atoms with van der Waals surface area (Å²) in [4.78, 5) is 25.9. The number of hydrogen-bond acceptors (Lipinski definition) is 5. The van der Waals surface area contributed by atoms with Crippen LogP contribution in [-0.4, -0.2) is 37.4 Å². The number of allylic oxidation sites excluding steroid dienone is 2. The molecule has 0 unspecified atom stereocenters. The molecule has 7 atom stereocenters. The number of rotatable bonds is 2. The van der Waals surface area contributed by atoms with Gasteiger partial charge in [-0.2, -0.15) is 0 Å². The van der Waals surface area contributed by atoms with Gasteiger partial charge in [0.15, 0.2) is 5.78 Å². The van der Waals surface area contributed by atoms with Crippen molar-refractivity contribution in [3.63, 3.8) is 0 Å². The van der Waals surface area contributed by atoms with Crippen molar-refractivity contribution >= 4 is 20.1 Å². The van der Waals surface area contributed by atoms with Crippen molar-refractivity contribution in [1.29, 1.82) is 0 Å². The molecule has 1 saturated heterocycles. The lowest BCUT2D eigenvalue weighted by Gasteiger charge is -2.52. The number of carbonyl (C=O) groups excluding carboxylic acids is 2. The normalized spacial score (nSPS) is 41.2. The van der Waals surface area contributed by atoms with E-state index in [9.17, 15) is 14.7 Å². The van der Waals surface area contributed by atoms with Gasteiger partial charge in [-0.05, 0) is 42.3 Å². The molecule has 1 N–H and O–H groups in total. The molecule has 1 heterocycles. The molecule has 3 aliphatic carbocycles. The number of ketones is 1. The zero-order chi connectivity index (χ0) is 22.4. The maximum absolute atomic E-state index is 13.5. The van der Waals surface area contributed by atoms with Gasteiger partial charge in [-0.3, -0.25) is 9.59 Å². The summed E-state index contributed by atoms with van der Waals surface area (Å²) < 4.78 is 12.6. The maximum Gasteiger partial charge on any atom is 0.309 e. The highest BCUT2D eigenvalue weighted by Crippen LogP contribution is 2.63. The van der Waals surface area contributed by atoms with Crippen LogP contribution < -0.4 is 0 Å². The molecule has 6 heteroatoms. The number of carbonyl (C=O) groups is 2. The van der Waals surface area contributed by atoms with Crippen LogP contribution in [0.15, 0.2) is 23.0 Å². The quantitative estimate of drug-likeness (QED) is 0.518. The summed E-state index contributed by atoms with van der Waals surface area (Å²) in [6.07, 6.45) is 2.02. The van der Waals surface area contributed by atoms with Crippen molar-refractivity contribution in [1.82, 2.24) is 0 Å². The second kappa shape index (κ2) is 6.55. The van der Waals surface area contributed by atoms with Gasteiger partial charge in [-0.15, -0.1) is 0 Å². The van der Waals surface area contributed by atoms with E-state index in [-0.39, 0.29) is 46.6 Å². The van der Waals surface area contributed by atoms with E-state index in [1.54, 1.807) is 13.0 Å². The van der Waals surface area contributed by atoms with E-state index in [2.05, 4.69) is 33.9 Å². The lowest BCUT2D eigenvalue weighted by Crippen LogP contribution is -2.55. The van der Waals surface area contributed by atoms with Crippen molar-refractivity contribution in [3.05, 3.63) is 23.0 Å². The average Bonchev–Trinajstić information content (AvgIpc) is 3.11. The minimum atomic E-state index is -2.10. The van der Waals surface area contributed by atoms with Crippen LogP contribution in [0.5, 0.6) is 0 Å². The Labute approximate surface area is 181 Å². The van der Waals surface area contributed by atoms with Gasteiger partial charge < -0.3 is 14.3 Å². The second-order valence-electron chi connectivity index (χ2n) is 11.6. The molecule has 0 amide bonds. The first kappa shape index (κ1) is 21.8. The van der Waals surface area contributed by atoms with Gasteiger partial charge in [0.1, 0.15) is 6.10 Å². The van der Waals surface area contributed by atoms with Crippen LogP contribution in [0.2, 0.25) is 18.1 Å². The fourth-order valence-corrected chi connectivity index (χ4v) is 7.26. The average molecular weight is 433 g/mol. The van der Waals surface area contributed by atoms with E-state index in [4.69, 9.17) is 9.16 Å². The lowest BCUT2D eigenvalue weighted by atomic mass is 9.52.